The molecule has 0 fully saturated rings. The van der Waals surface area contributed by atoms with E-state index in [4.69, 9.17) is 6.42 Å². The van der Waals surface area contributed by atoms with Crippen molar-refractivity contribution < 1.29 is 0 Å². The summed E-state index contributed by atoms with van der Waals surface area (Å²) in [6.07, 6.45) is 5.80. The third-order valence-corrected chi connectivity index (χ3v) is 4.04. The van der Waals surface area contributed by atoms with Gasteiger partial charge in [0, 0.05) is 12.7 Å². The van der Waals surface area contributed by atoms with Crippen molar-refractivity contribution in [2.45, 2.75) is 6.04 Å². The normalized spacial score (nSPS) is 11.5. The van der Waals surface area contributed by atoms with Gasteiger partial charge in [-0.05, 0) is 28.8 Å². The molecule has 3 rings (SSSR count). The van der Waals surface area contributed by atoms with Gasteiger partial charge in [0.1, 0.15) is 6.04 Å². The highest BCUT2D eigenvalue weighted by Crippen LogP contribution is 2.27. The smallest absolute Gasteiger partial charge is 0.115 e. The lowest BCUT2D eigenvalue weighted by Crippen LogP contribution is -2.22. The molecule has 0 aromatic heterocycles. The number of hydrogen-bond donors (Lipinski definition) is 0. The Kier molecular flexibility index (Phi) is 4.45. The molecule has 0 aliphatic rings. The molecule has 1 nitrogen and oxygen atoms in total. The molecule has 0 radical (unpaired) electrons. The Balaban J connectivity index is 1.87. The average molecular weight is 297 g/mol. The quantitative estimate of drug-likeness (QED) is 0.601. The van der Waals surface area contributed by atoms with Crippen molar-refractivity contribution >= 4 is 5.69 Å². The highest BCUT2D eigenvalue weighted by atomic mass is 15.1. The Labute approximate surface area is 138 Å². The zero-order valence-electron chi connectivity index (χ0n) is 13.2. The minimum atomic E-state index is -0.0813. The Hall–Kier alpha value is -2.98. The van der Waals surface area contributed by atoms with E-state index in [0.717, 1.165) is 11.3 Å². The summed E-state index contributed by atoms with van der Waals surface area (Å²) in [4.78, 5) is 2.12. The number of rotatable bonds is 4. The molecule has 0 bridgehead atoms. The van der Waals surface area contributed by atoms with E-state index in [-0.39, 0.29) is 6.04 Å². The highest BCUT2D eigenvalue weighted by molar-refractivity contribution is 5.64. The van der Waals surface area contributed by atoms with Crippen LogP contribution in [0.25, 0.3) is 11.1 Å². The van der Waals surface area contributed by atoms with Crippen LogP contribution in [0.1, 0.15) is 11.6 Å². The van der Waals surface area contributed by atoms with Crippen LogP contribution in [0.4, 0.5) is 5.69 Å². The standard InChI is InChI=1S/C22H19N/c1-3-22(23(2)21-12-8-5-9-13-21)20-16-14-19(15-17-20)18-10-6-4-7-11-18/h1,4-17,22H,2H3. The Morgan fingerprint density at radius 3 is 1.83 bits per heavy atom. The van der Waals surface area contributed by atoms with Crippen LogP contribution in [0.3, 0.4) is 0 Å². The molecule has 0 spiro atoms. The fourth-order valence-corrected chi connectivity index (χ4v) is 2.73. The van der Waals surface area contributed by atoms with Crippen molar-refractivity contribution in [2.75, 3.05) is 11.9 Å². The van der Waals surface area contributed by atoms with Crippen molar-refractivity contribution in [3.8, 4) is 23.5 Å². The monoisotopic (exact) mass is 297 g/mol. The summed E-state index contributed by atoms with van der Waals surface area (Å²) in [5.74, 6) is 2.90. The van der Waals surface area contributed by atoms with Crippen LogP contribution in [0.15, 0.2) is 84.9 Å². The van der Waals surface area contributed by atoms with Gasteiger partial charge in [0.15, 0.2) is 0 Å². The van der Waals surface area contributed by atoms with Crippen molar-refractivity contribution in [2.24, 2.45) is 0 Å². The van der Waals surface area contributed by atoms with Gasteiger partial charge >= 0.3 is 0 Å². The topological polar surface area (TPSA) is 3.24 Å². The molecule has 0 saturated heterocycles. The molecule has 1 heteroatoms. The first-order valence-corrected chi connectivity index (χ1v) is 7.69. The van der Waals surface area contributed by atoms with Gasteiger partial charge in [0.05, 0.1) is 0 Å². The summed E-state index contributed by atoms with van der Waals surface area (Å²) < 4.78 is 0. The van der Waals surface area contributed by atoms with Crippen molar-refractivity contribution in [1.29, 1.82) is 0 Å². The molecule has 0 aliphatic carbocycles. The molecule has 0 heterocycles. The third-order valence-electron chi connectivity index (χ3n) is 4.04. The van der Waals surface area contributed by atoms with Gasteiger partial charge in [0.25, 0.3) is 0 Å². The van der Waals surface area contributed by atoms with Crippen molar-refractivity contribution in [3.63, 3.8) is 0 Å². The average Bonchev–Trinajstić information content (AvgIpc) is 2.64. The Morgan fingerprint density at radius 1 is 0.739 bits per heavy atom. The summed E-state index contributed by atoms with van der Waals surface area (Å²) in [6, 6.07) is 29.0. The van der Waals surface area contributed by atoms with Crippen LogP contribution in [-0.2, 0) is 0 Å². The van der Waals surface area contributed by atoms with E-state index in [1.165, 1.54) is 11.1 Å². The lowest BCUT2D eigenvalue weighted by Gasteiger charge is -2.26. The molecule has 3 aromatic carbocycles. The predicted octanol–water partition coefficient (Wildman–Crippen LogP) is 5.16. The van der Waals surface area contributed by atoms with Gasteiger partial charge in [-0.3, -0.25) is 0 Å². The number of anilines is 1. The number of terminal acetylenes is 1. The molecule has 0 N–H and O–H groups in total. The second-order valence-electron chi connectivity index (χ2n) is 5.50. The minimum Gasteiger partial charge on any atom is -0.357 e. The molecule has 23 heavy (non-hydrogen) atoms. The van der Waals surface area contributed by atoms with Gasteiger partial charge in [-0.2, -0.15) is 0 Å². The predicted molar refractivity (Wildman–Crippen MR) is 98.3 cm³/mol. The molecular weight excluding hydrogens is 278 g/mol. The van der Waals surface area contributed by atoms with E-state index in [1.807, 2.05) is 31.3 Å². The maximum atomic E-state index is 5.80. The van der Waals surface area contributed by atoms with Gasteiger partial charge in [-0.15, -0.1) is 6.42 Å². The largest absolute Gasteiger partial charge is 0.357 e. The number of hydrogen-bond acceptors (Lipinski definition) is 1. The van der Waals surface area contributed by atoms with E-state index in [9.17, 15) is 0 Å². The number of benzene rings is 3. The maximum absolute atomic E-state index is 5.80. The lowest BCUT2D eigenvalue weighted by atomic mass is 10.00. The summed E-state index contributed by atoms with van der Waals surface area (Å²) in [5.41, 5.74) is 4.65. The van der Waals surface area contributed by atoms with Crippen LogP contribution in [0, 0.1) is 12.3 Å². The molecule has 1 unspecified atom stereocenters. The van der Waals surface area contributed by atoms with E-state index in [1.54, 1.807) is 0 Å². The van der Waals surface area contributed by atoms with Crippen LogP contribution >= 0.6 is 0 Å². The van der Waals surface area contributed by atoms with Gasteiger partial charge in [0.2, 0.25) is 0 Å². The Bertz CT molecular complexity index is 783. The minimum absolute atomic E-state index is 0.0813. The summed E-state index contributed by atoms with van der Waals surface area (Å²) in [7, 11) is 2.03. The first-order valence-electron chi connectivity index (χ1n) is 7.69. The summed E-state index contributed by atoms with van der Waals surface area (Å²) >= 11 is 0. The van der Waals surface area contributed by atoms with Gasteiger partial charge in [-0.1, -0.05) is 78.7 Å². The summed E-state index contributed by atoms with van der Waals surface area (Å²) in [6.45, 7) is 0. The molecule has 1 atom stereocenters. The van der Waals surface area contributed by atoms with Gasteiger partial charge in [-0.25, -0.2) is 0 Å². The van der Waals surface area contributed by atoms with Crippen LogP contribution in [0.2, 0.25) is 0 Å². The van der Waals surface area contributed by atoms with Crippen LogP contribution in [0.5, 0.6) is 0 Å². The first-order chi connectivity index (χ1) is 11.3. The molecule has 112 valence electrons. The molecule has 0 aliphatic heterocycles. The number of nitrogens with zero attached hydrogens (tertiary/aromatic N) is 1. The van der Waals surface area contributed by atoms with E-state index in [2.05, 4.69) is 71.5 Å². The summed E-state index contributed by atoms with van der Waals surface area (Å²) in [5, 5.41) is 0. The van der Waals surface area contributed by atoms with E-state index >= 15 is 0 Å². The Morgan fingerprint density at radius 2 is 1.26 bits per heavy atom. The fraction of sp³-hybridized carbons (Fsp3) is 0.0909. The lowest BCUT2D eigenvalue weighted by molar-refractivity contribution is 0.835. The van der Waals surface area contributed by atoms with Gasteiger partial charge < -0.3 is 4.90 Å². The van der Waals surface area contributed by atoms with E-state index < -0.39 is 0 Å². The van der Waals surface area contributed by atoms with E-state index in [0.29, 0.717) is 0 Å². The SMILES string of the molecule is C#CC(c1ccc(-c2ccccc2)cc1)N(C)c1ccccc1. The van der Waals surface area contributed by atoms with Crippen LogP contribution in [-0.4, -0.2) is 7.05 Å². The van der Waals surface area contributed by atoms with Crippen LogP contribution < -0.4 is 4.90 Å². The zero-order chi connectivity index (χ0) is 16.1. The second kappa shape index (κ2) is 6.85. The highest BCUT2D eigenvalue weighted by Gasteiger charge is 2.14. The maximum Gasteiger partial charge on any atom is 0.115 e. The van der Waals surface area contributed by atoms with Crippen molar-refractivity contribution in [3.05, 3.63) is 90.5 Å². The molecular formula is C22H19N. The molecule has 3 aromatic rings. The second-order valence-corrected chi connectivity index (χ2v) is 5.50. The third kappa shape index (κ3) is 3.27. The van der Waals surface area contributed by atoms with Crippen molar-refractivity contribution in [1.82, 2.24) is 0 Å². The zero-order valence-corrected chi connectivity index (χ0v) is 13.2. The fourth-order valence-electron chi connectivity index (χ4n) is 2.73. The molecule has 0 saturated carbocycles. The number of para-hydroxylation sites is 1. The first kappa shape index (κ1) is 14.9. The molecule has 0 amide bonds.